The molecule has 1 saturated carbocycles. The average molecular weight is 288 g/mol. The fourth-order valence-corrected chi connectivity index (χ4v) is 2.74. The lowest BCUT2D eigenvalue weighted by atomic mass is 10.2. The number of hydrogen-bond acceptors (Lipinski definition) is 5. The van der Waals surface area contributed by atoms with E-state index in [1.807, 2.05) is 24.3 Å². The van der Waals surface area contributed by atoms with Gasteiger partial charge in [0.15, 0.2) is 0 Å². The van der Waals surface area contributed by atoms with Crippen molar-refractivity contribution in [2.75, 3.05) is 11.9 Å². The van der Waals surface area contributed by atoms with E-state index in [4.69, 9.17) is 5.73 Å². The first kappa shape index (κ1) is 13.2. The maximum atomic E-state index is 11.7. The number of nitrogens with one attached hydrogen (secondary N) is 1. The summed E-state index contributed by atoms with van der Waals surface area (Å²) in [7, 11) is 0. The molecule has 1 heterocycles. The van der Waals surface area contributed by atoms with Gasteiger partial charge in [0.1, 0.15) is 10.0 Å². The predicted octanol–water partition coefficient (Wildman–Crippen LogP) is 2.05. The third-order valence-corrected chi connectivity index (χ3v) is 4.20. The Morgan fingerprint density at radius 3 is 2.70 bits per heavy atom. The number of aromatic nitrogens is 2. The first-order valence-corrected chi connectivity index (χ1v) is 7.51. The molecule has 6 heteroatoms. The molecule has 0 spiro atoms. The minimum atomic E-state index is 0.124. The molecule has 104 valence electrons. The summed E-state index contributed by atoms with van der Waals surface area (Å²) in [4.78, 5) is 11.7. The van der Waals surface area contributed by atoms with Crippen LogP contribution in [0.3, 0.4) is 0 Å². The lowest BCUT2D eigenvalue weighted by molar-refractivity contribution is -0.117. The molecular formula is C14H16N4OS. The van der Waals surface area contributed by atoms with E-state index in [0.717, 1.165) is 40.5 Å². The van der Waals surface area contributed by atoms with Crippen molar-refractivity contribution >= 4 is 22.9 Å². The topological polar surface area (TPSA) is 80.9 Å². The van der Waals surface area contributed by atoms with Gasteiger partial charge in [-0.3, -0.25) is 4.79 Å². The van der Waals surface area contributed by atoms with Gasteiger partial charge in [-0.25, -0.2) is 0 Å². The number of amides is 1. The number of hydrogen-bond donors (Lipinski definition) is 2. The van der Waals surface area contributed by atoms with Crippen LogP contribution in [0, 0.1) is 5.92 Å². The van der Waals surface area contributed by atoms with Gasteiger partial charge in [0, 0.05) is 23.6 Å². The van der Waals surface area contributed by atoms with Crippen LogP contribution in [0.5, 0.6) is 0 Å². The molecule has 0 saturated heterocycles. The molecule has 2 aromatic rings. The van der Waals surface area contributed by atoms with E-state index < -0.39 is 0 Å². The van der Waals surface area contributed by atoms with Gasteiger partial charge < -0.3 is 11.1 Å². The van der Waals surface area contributed by atoms with Gasteiger partial charge in [0.2, 0.25) is 5.91 Å². The molecule has 0 atom stereocenters. The van der Waals surface area contributed by atoms with Crippen LogP contribution in [0.2, 0.25) is 0 Å². The van der Waals surface area contributed by atoms with E-state index in [1.165, 1.54) is 0 Å². The minimum Gasteiger partial charge on any atom is -0.330 e. The Labute approximate surface area is 121 Å². The quantitative estimate of drug-likeness (QED) is 0.882. The van der Waals surface area contributed by atoms with Crippen molar-refractivity contribution in [1.29, 1.82) is 0 Å². The predicted molar refractivity (Wildman–Crippen MR) is 79.5 cm³/mol. The van der Waals surface area contributed by atoms with Crippen LogP contribution in [0.4, 0.5) is 5.69 Å². The number of rotatable bonds is 5. The van der Waals surface area contributed by atoms with Crippen molar-refractivity contribution in [2.45, 2.75) is 19.3 Å². The molecule has 0 radical (unpaired) electrons. The number of benzene rings is 1. The minimum absolute atomic E-state index is 0.124. The van der Waals surface area contributed by atoms with Gasteiger partial charge in [0.25, 0.3) is 0 Å². The van der Waals surface area contributed by atoms with Crippen LogP contribution in [0.15, 0.2) is 24.3 Å². The second-order valence-electron chi connectivity index (χ2n) is 4.88. The SMILES string of the molecule is NCCc1nnc(-c2ccc(NC(=O)C3CC3)cc2)s1. The first-order chi connectivity index (χ1) is 9.76. The lowest BCUT2D eigenvalue weighted by Gasteiger charge is -2.04. The molecule has 20 heavy (non-hydrogen) atoms. The van der Waals surface area contributed by atoms with Crippen molar-refractivity contribution in [3.63, 3.8) is 0 Å². The van der Waals surface area contributed by atoms with Crippen molar-refractivity contribution in [3.05, 3.63) is 29.3 Å². The van der Waals surface area contributed by atoms with Gasteiger partial charge in [-0.05, 0) is 43.7 Å². The maximum absolute atomic E-state index is 11.7. The molecule has 5 nitrogen and oxygen atoms in total. The normalized spacial score (nSPS) is 14.2. The Balaban J connectivity index is 1.69. The fourth-order valence-electron chi connectivity index (χ4n) is 1.88. The van der Waals surface area contributed by atoms with Crippen LogP contribution in [0.25, 0.3) is 10.6 Å². The number of nitrogens with zero attached hydrogens (tertiary/aromatic N) is 2. The zero-order chi connectivity index (χ0) is 13.9. The first-order valence-electron chi connectivity index (χ1n) is 6.70. The summed E-state index contributed by atoms with van der Waals surface area (Å²) in [5.74, 6) is 0.343. The highest BCUT2D eigenvalue weighted by Gasteiger charge is 2.29. The molecule has 1 aliphatic carbocycles. The van der Waals surface area contributed by atoms with Crippen molar-refractivity contribution in [3.8, 4) is 10.6 Å². The molecule has 1 aromatic carbocycles. The number of carbonyl (C=O) groups excluding carboxylic acids is 1. The second-order valence-corrected chi connectivity index (χ2v) is 5.94. The standard InChI is InChI=1S/C14H16N4OS/c15-8-7-12-17-18-14(20-12)10-3-5-11(6-4-10)16-13(19)9-1-2-9/h3-6,9H,1-2,7-8,15H2,(H,16,19). The summed E-state index contributed by atoms with van der Waals surface area (Å²) in [6.45, 7) is 0.584. The molecule has 3 rings (SSSR count). The third kappa shape index (κ3) is 3.02. The zero-order valence-electron chi connectivity index (χ0n) is 11.0. The van der Waals surface area contributed by atoms with Crippen LogP contribution < -0.4 is 11.1 Å². The molecule has 1 aliphatic rings. The smallest absolute Gasteiger partial charge is 0.227 e. The molecule has 1 aromatic heterocycles. The van der Waals surface area contributed by atoms with Crippen LogP contribution in [-0.4, -0.2) is 22.6 Å². The Morgan fingerprint density at radius 1 is 1.30 bits per heavy atom. The van der Waals surface area contributed by atoms with E-state index in [0.29, 0.717) is 6.54 Å². The Kier molecular flexibility index (Phi) is 3.75. The zero-order valence-corrected chi connectivity index (χ0v) is 11.8. The van der Waals surface area contributed by atoms with Gasteiger partial charge in [-0.2, -0.15) is 0 Å². The Bertz CT molecular complexity index is 604. The monoisotopic (exact) mass is 288 g/mol. The molecule has 1 fully saturated rings. The lowest BCUT2D eigenvalue weighted by Crippen LogP contribution is -2.12. The van der Waals surface area contributed by atoms with E-state index in [-0.39, 0.29) is 11.8 Å². The van der Waals surface area contributed by atoms with Crippen LogP contribution in [0.1, 0.15) is 17.8 Å². The van der Waals surface area contributed by atoms with Crippen molar-refractivity contribution in [2.24, 2.45) is 11.7 Å². The molecule has 0 aliphatic heterocycles. The molecular weight excluding hydrogens is 272 g/mol. The highest BCUT2D eigenvalue weighted by molar-refractivity contribution is 7.14. The summed E-state index contributed by atoms with van der Waals surface area (Å²) >= 11 is 1.56. The highest BCUT2D eigenvalue weighted by atomic mass is 32.1. The summed E-state index contributed by atoms with van der Waals surface area (Å²) in [6.07, 6.45) is 2.78. The van der Waals surface area contributed by atoms with E-state index in [9.17, 15) is 4.79 Å². The summed E-state index contributed by atoms with van der Waals surface area (Å²) in [5.41, 5.74) is 7.34. The summed E-state index contributed by atoms with van der Waals surface area (Å²) < 4.78 is 0. The second kappa shape index (κ2) is 5.68. The summed E-state index contributed by atoms with van der Waals surface area (Å²) in [6, 6.07) is 7.71. The number of carbonyl (C=O) groups is 1. The van der Waals surface area contributed by atoms with Gasteiger partial charge in [0.05, 0.1) is 0 Å². The molecule has 3 N–H and O–H groups in total. The van der Waals surface area contributed by atoms with Crippen molar-refractivity contribution in [1.82, 2.24) is 10.2 Å². The third-order valence-electron chi connectivity index (χ3n) is 3.17. The van der Waals surface area contributed by atoms with Gasteiger partial charge in [-0.15, -0.1) is 10.2 Å². The van der Waals surface area contributed by atoms with Crippen LogP contribution in [-0.2, 0) is 11.2 Å². The largest absolute Gasteiger partial charge is 0.330 e. The van der Waals surface area contributed by atoms with E-state index in [2.05, 4.69) is 15.5 Å². The van der Waals surface area contributed by atoms with Crippen LogP contribution >= 0.6 is 11.3 Å². The van der Waals surface area contributed by atoms with E-state index in [1.54, 1.807) is 11.3 Å². The molecule has 1 amide bonds. The average Bonchev–Trinajstić information content (AvgIpc) is 3.21. The fraction of sp³-hybridized carbons (Fsp3) is 0.357. The highest BCUT2D eigenvalue weighted by Crippen LogP contribution is 2.30. The molecule has 0 unspecified atom stereocenters. The Morgan fingerprint density at radius 2 is 2.05 bits per heavy atom. The van der Waals surface area contributed by atoms with Crippen molar-refractivity contribution < 1.29 is 4.79 Å². The number of nitrogens with two attached hydrogens (primary N) is 1. The Hall–Kier alpha value is -1.79. The number of anilines is 1. The van der Waals surface area contributed by atoms with Gasteiger partial charge >= 0.3 is 0 Å². The summed E-state index contributed by atoms with van der Waals surface area (Å²) in [5, 5.41) is 13.0. The maximum Gasteiger partial charge on any atom is 0.227 e. The van der Waals surface area contributed by atoms with Gasteiger partial charge in [-0.1, -0.05) is 11.3 Å². The molecule has 0 bridgehead atoms. The van der Waals surface area contributed by atoms with E-state index >= 15 is 0 Å².